The van der Waals surface area contributed by atoms with E-state index in [2.05, 4.69) is 15.6 Å². The highest BCUT2D eigenvalue weighted by Gasteiger charge is 2.34. The zero-order valence-corrected chi connectivity index (χ0v) is 11.4. The van der Waals surface area contributed by atoms with Crippen LogP contribution in [-0.2, 0) is 10.7 Å². The molecule has 2 aliphatic rings. The van der Waals surface area contributed by atoms with Crippen molar-refractivity contribution in [3.63, 3.8) is 0 Å². The summed E-state index contributed by atoms with van der Waals surface area (Å²) >= 11 is 5.84. The number of halogens is 1. The standard InChI is InChI=1S/C12H16ClN3S/c1-17(16-8-14)11-4-2-3-10(11)9-5-6-12(13)15-7-9/h6-7,9-11H,2-5H2,1H3/t9?,10-,11-,17?/m1/s1. The van der Waals surface area contributed by atoms with Gasteiger partial charge in [-0.1, -0.05) is 28.7 Å². The van der Waals surface area contributed by atoms with Crippen molar-refractivity contribution in [3.8, 4) is 6.19 Å². The molecule has 2 unspecified atom stereocenters. The van der Waals surface area contributed by atoms with Gasteiger partial charge in [0.1, 0.15) is 5.16 Å². The van der Waals surface area contributed by atoms with Crippen LogP contribution in [0.1, 0.15) is 25.7 Å². The highest BCUT2D eigenvalue weighted by Crippen LogP contribution is 2.37. The number of hydrogen-bond acceptors (Lipinski definition) is 3. The lowest BCUT2D eigenvalue weighted by Gasteiger charge is -2.26. The zero-order valence-electron chi connectivity index (χ0n) is 9.84. The summed E-state index contributed by atoms with van der Waals surface area (Å²) in [5.74, 6) is 1.10. The molecule has 0 radical (unpaired) electrons. The van der Waals surface area contributed by atoms with Crippen LogP contribution in [0, 0.1) is 23.3 Å². The summed E-state index contributed by atoms with van der Waals surface area (Å²) in [5, 5.41) is 9.82. The van der Waals surface area contributed by atoms with Crippen molar-refractivity contribution in [3.05, 3.63) is 11.2 Å². The second kappa shape index (κ2) is 5.79. The summed E-state index contributed by atoms with van der Waals surface area (Å²) in [6.45, 7) is 0. The topological polar surface area (TPSA) is 48.5 Å². The van der Waals surface area contributed by atoms with Gasteiger partial charge in [-0.3, -0.25) is 0 Å². The first kappa shape index (κ1) is 12.8. The SMILES string of the molecule is CS(=NC#N)[C@@H]1CCC[C@@H]1C1C=NC(Cl)=CC1. The molecule has 1 saturated carbocycles. The summed E-state index contributed by atoms with van der Waals surface area (Å²) in [6, 6.07) is 0. The maximum atomic E-state index is 8.67. The predicted octanol–water partition coefficient (Wildman–Crippen LogP) is 3.24. The Balaban J connectivity index is 2.09. The molecule has 1 aliphatic carbocycles. The summed E-state index contributed by atoms with van der Waals surface area (Å²) in [4.78, 5) is 4.20. The zero-order chi connectivity index (χ0) is 12.3. The fourth-order valence-corrected chi connectivity index (χ4v) is 4.56. The molecule has 0 amide bonds. The molecular weight excluding hydrogens is 254 g/mol. The fraction of sp³-hybridized carbons (Fsp3) is 0.667. The minimum absolute atomic E-state index is 0.137. The number of allylic oxidation sites excluding steroid dienone is 1. The van der Waals surface area contributed by atoms with Gasteiger partial charge in [-0.2, -0.15) is 9.62 Å². The van der Waals surface area contributed by atoms with Crippen LogP contribution in [0.2, 0.25) is 0 Å². The Morgan fingerprint density at radius 1 is 1.59 bits per heavy atom. The van der Waals surface area contributed by atoms with Crippen LogP contribution in [0.25, 0.3) is 0 Å². The average Bonchev–Trinajstić information content (AvgIpc) is 2.79. The summed E-state index contributed by atoms with van der Waals surface area (Å²) in [7, 11) is -0.137. The van der Waals surface area contributed by atoms with Crippen molar-refractivity contribution in [1.29, 1.82) is 5.26 Å². The van der Waals surface area contributed by atoms with Crippen LogP contribution in [-0.4, -0.2) is 17.7 Å². The third kappa shape index (κ3) is 2.97. The Kier molecular flexibility index (Phi) is 4.36. The van der Waals surface area contributed by atoms with Crippen molar-refractivity contribution in [2.75, 3.05) is 6.26 Å². The van der Waals surface area contributed by atoms with E-state index in [1.165, 1.54) is 19.3 Å². The lowest BCUT2D eigenvalue weighted by Crippen LogP contribution is -2.27. The van der Waals surface area contributed by atoms with E-state index in [1.54, 1.807) is 0 Å². The van der Waals surface area contributed by atoms with Gasteiger partial charge in [0.05, 0.1) is 0 Å². The van der Waals surface area contributed by atoms with E-state index in [-0.39, 0.29) is 10.7 Å². The van der Waals surface area contributed by atoms with Gasteiger partial charge in [0.2, 0.25) is 6.19 Å². The number of nitriles is 1. The van der Waals surface area contributed by atoms with Gasteiger partial charge in [0, 0.05) is 17.4 Å². The van der Waals surface area contributed by atoms with E-state index < -0.39 is 0 Å². The lowest BCUT2D eigenvalue weighted by atomic mass is 9.88. The number of aliphatic imine (C=N–C) groups is 1. The normalized spacial score (nSPS) is 34.4. The van der Waals surface area contributed by atoms with Crippen LogP contribution in [0.4, 0.5) is 0 Å². The molecular formula is C12H16ClN3S. The lowest BCUT2D eigenvalue weighted by molar-refractivity contribution is 0.442. The van der Waals surface area contributed by atoms with Gasteiger partial charge >= 0.3 is 0 Å². The van der Waals surface area contributed by atoms with Gasteiger partial charge in [-0.05, 0) is 37.5 Å². The maximum absolute atomic E-state index is 8.67. The third-order valence-corrected chi connectivity index (χ3v) is 5.71. The molecule has 1 fully saturated rings. The van der Waals surface area contributed by atoms with E-state index in [0.717, 1.165) is 6.42 Å². The van der Waals surface area contributed by atoms with Crippen molar-refractivity contribution in [1.82, 2.24) is 0 Å². The molecule has 0 N–H and O–H groups in total. The van der Waals surface area contributed by atoms with Crippen LogP contribution < -0.4 is 0 Å². The molecule has 2 rings (SSSR count). The number of nitrogens with zero attached hydrogens (tertiary/aromatic N) is 3. The fourth-order valence-electron chi connectivity index (χ4n) is 2.80. The summed E-state index contributed by atoms with van der Waals surface area (Å²) in [6.07, 6.45) is 12.7. The molecule has 0 spiro atoms. The van der Waals surface area contributed by atoms with Crippen LogP contribution in [0.5, 0.6) is 0 Å². The van der Waals surface area contributed by atoms with E-state index in [4.69, 9.17) is 16.9 Å². The van der Waals surface area contributed by atoms with Gasteiger partial charge in [0.25, 0.3) is 0 Å². The second-order valence-electron chi connectivity index (χ2n) is 4.55. The van der Waals surface area contributed by atoms with Crippen LogP contribution in [0.15, 0.2) is 20.6 Å². The first-order valence-electron chi connectivity index (χ1n) is 5.87. The van der Waals surface area contributed by atoms with Crippen molar-refractivity contribution in [2.45, 2.75) is 30.9 Å². The predicted molar refractivity (Wildman–Crippen MR) is 73.0 cm³/mol. The van der Waals surface area contributed by atoms with E-state index in [0.29, 0.717) is 22.2 Å². The molecule has 0 bridgehead atoms. The maximum Gasteiger partial charge on any atom is 0.212 e. The highest BCUT2D eigenvalue weighted by molar-refractivity contribution is 7.87. The Morgan fingerprint density at radius 3 is 3.06 bits per heavy atom. The first-order valence-corrected chi connectivity index (χ1v) is 7.90. The van der Waals surface area contributed by atoms with E-state index >= 15 is 0 Å². The summed E-state index contributed by atoms with van der Waals surface area (Å²) < 4.78 is 4.01. The molecule has 0 aromatic rings. The Labute approximate surface area is 110 Å². The average molecular weight is 270 g/mol. The molecule has 3 nitrogen and oxygen atoms in total. The molecule has 17 heavy (non-hydrogen) atoms. The monoisotopic (exact) mass is 269 g/mol. The van der Waals surface area contributed by atoms with E-state index in [1.807, 2.05) is 18.5 Å². The minimum Gasteiger partial charge on any atom is -0.249 e. The number of hydrogen-bond donors (Lipinski definition) is 0. The van der Waals surface area contributed by atoms with Gasteiger partial charge in [0.15, 0.2) is 0 Å². The molecule has 92 valence electrons. The summed E-state index contributed by atoms with van der Waals surface area (Å²) in [5.41, 5.74) is 0. The minimum atomic E-state index is -0.137. The molecule has 0 aromatic carbocycles. The highest BCUT2D eigenvalue weighted by atomic mass is 35.5. The molecule has 1 aliphatic heterocycles. The first-order chi connectivity index (χ1) is 8.22. The Bertz CT molecular complexity index is 422. The van der Waals surface area contributed by atoms with E-state index in [9.17, 15) is 0 Å². The van der Waals surface area contributed by atoms with Crippen LogP contribution in [0.3, 0.4) is 0 Å². The number of rotatable bonds is 2. The Hall–Kier alpha value is -0.660. The molecule has 4 atom stereocenters. The van der Waals surface area contributed by atoms with Crippen molar-refractivity contribution >= 4 is 28.5 Å². The molecule has 1 heterocycles. The second-order valence-corrected chi connectivity index (χ2v) is 6.78. The van der Waals surface area contributed by atoms with Gasteiger partial charge in [-0.25, -0.2) is 4.99 Å². The van der Waals surface area contributed by atoms with Crippen molar-refractivity contribution < 1.29 is 0 Å². The van der Waals surface area contributed by atoms with Crippen molar-refractivity contribution in [2.24, 2.45) is 21.2 Å². The smallest absolute Gasteiger partial charge is 0.212 e. The molecule has 5 heteroatoms. The van der Waals surface area contributed by atoms with Crippen LogP contribution >= 0.6 is 11.6 Å². The largest absolute Gasteiger partial charge is 0.249 e. The third-order valence-electron chi connectivity index (χ3n) is 3.62. The van der Waals surface area contributed by atoms with Gasteiger partial charge < -0.3 is 0 Å². The molecule has 0 saturated heterocycles. The molecule has 0 aromatic heterocycles. The quantitative estimate of drug-likeness (QED) is 0.561. The Morgan fingerprint density at radius 2 is 2.41 bits per heavy atom. The van der Waals surface area contributed by atoms with Gasteiger partial charge in [-0.15, -0.1) is 0 Å².